The number of carbonyl (C=O) groups excluding carboxylic acids is 2. The summed E-state index contributed by atoms with van der Waals surface area (Å²) in [7, 11) is 0. The van der Waals surface area contributed by atoms with Gasteiger partial charge in [0.15, 0.2) is 5.76 Å². The zero-order valence-electron chi connectivity index (χ0n) is 13.9. The lowest BCUT2D eigenvalue weighted by Gasteiger charge is -2.14. The van der Waals surface area contributed by atoms with E-state index in [9.17, 15) is 22.8 Å². The average Bonchev–Trinajstić information content (AvgIpc) is 3.10. The molecular weight excluding hydrogens is 353 g/mol. The molecule has 2 N–H and O–H groups in total. The number of carbonyl (C=O) groups is 2. The molecule has 2 aromatic rings. The fraction of sp³-hybridized carbons (Fsp3) is 0.294. The summed E-state index contributed by atoms with van der Waals surface area (Å²) < 4.78 is 48.7. The highest BCUT2D eigenvalue weighted by molar-refractivity contribution is 5.94. The van der Waals surface area contributed by atoms with E-state index in [4.69, 9.17) is 9.15 Å². The first-order valence-electron chi connectivity index (χ1n) is 7.77. The molecule has 26 heavy (non-hydrogen) atoms. The standard InChI is InChI=1S/C17H17F3N2O4/c1-2-25-13-6-5-11(17(18,19)20)10-12(13)22-15(23)7-8-21-16(24)14-4-3-9-26-14/h3-6,9-10H,2,7-8H2,1H3,(H,21,24)(H,22,23). The summed E-state index contributed by atoms with van der Waals surface area (Å²) in [6.07, 6.45) is -3.33. The molecule has 1 aromatic carbocycles. The number of amides is 2. The predicted octanol–water partition coefficient (Wildman–Crippen LogP) is 3.46. The van der Waals surface area contributed by atoms with Gasteiger partial charge in [-0.05, 0) is 37.3 Å². The van der Waals surface area contributed by atoms with Crippen molar-refractivity contribution in [1.82, 2.24) is 5.32 Å². The van der Waals surface area contributed by atoms with Crippen LogP contribution in [0.3, 0.4) is 0 Å². The Balaban J connectivity index is 1.97. The molecule has 0 saturated carbocycles. The number of nitrogens with one attached hydrogen (secondary N) is 2. The van der Waals surface area contributed by atoms with Crippen LogP contribution in [0.4, 0.5) is 18.9 Å². The van der Waals surface area contributed by atoms with Crippen molar-refractivity contribution in [2.75, 3.05) is 18.5 Å². The van der Waals surface area contributed by atoms with Gasteiger partial charge in [-0.15, -0.1) is 0 Å². The van der Waals surface area contributed by atoms with Gasteiger partial charge in [0.2, 0.25) is 5.91 Å². The van der Waals surface area contributed by atoms with Crippen LogP contribution in [-0.2, 0) is 11.0 Å². The van der Waals surface area contributed by atoms with Crippen LogP contribution in [0.1, 0.15) is 29.5 Å². The largest absolute Gasteiger partial charge is 0.492 e. The van der Waals surface area contributed by atoms with Gasteiger partial charge in [0.1, 0.15) is 5.75 Å². The minimum atomic E-state index is -4.54. The molecule has 6 nitrogen and oxygen atoms in total. The average molecular weight is 370 g/mol. The van der Waals surface area contributed by atoms with E-state index in [1.54, 1.807) is 13.0 Å². The Kier molecular flexibility index (Phi) is 6.26. The van der Waals surface area contributed by atoms with Gasteiger partial charge >= 0.3 is 6.18 Å². The molecule has 0 spiro atoms. The van der Waals surface area contributed by atoms with Gasteiger partial charge in [0.05, 0.1) is 24.1 Å². The molecule has 0 bridgehead atoms. The summed E-state index contributed by atoms with van der Waals surface area (Å²) >= 11 is 0. The van der Waals surface area contributed by atoms with Crippen LogP contribution in [0.2, 0.25) is 0 Å². The van der Waals surface area contributed by atoms with Crippen LogP contribution in [0.15, 0.2) is 41.0 Å². The Labute approximate surface area is 147 Å². The third kappa shape index (κ3) is 5.27. The maximum Gasteiger partial charge on any atom is 0.416 e. The SMILES string of the molecule is CCOc1ccc(C(F)(F)F)cc1NC(=O)CCNC(=O)c1ccco1. The summed E-state index contributed by atoms with van der Waals surface area (Å²) in [5.74, 6) is -0.822. The van der Waals surface area contributed by atoms with E-state index in [1.807, 2.05) is 0 Å². The van der Waals surface area contributed by atoms with E-state index in [1.165, 1.54) is 12.3 Å². The Morgan fingerprint density at radius 1 is 1.23 bits per heavy atom. The highest BCUT2D eigenvalue weighted by Crippen LogP contribution is 2.35. The third-order valence-electron chi connectivity index (χ3n) is 3.26. The Morgan fingerprint density at radius 3 is 2.62 bits per heavy atom. The lowest BCUT2D eigenvalue weighted by molar-refractivity contribution is -0.137. The number of ether oxygens (including phenoxy) is 1. The van der Waals surface area contributed by atoms with E-state index in [0.717, 1.165) is 18.2 Å². The molecule has 0 aliphatic rings. The molecule has 0 aliphatic carbocycles. The van der Waals surface area contributed by atoms with Crippen LogP contribution in [0, 0.1) is 0 Å². The summed E-state index contributed by atoms with van der Waals surface area (Å²) in [6, 6.07) is 5.85. The lowest BCUT2D eigenvalue weighted by Crippen LogP contribution is -2.27. The van der Waals surface area contributed by atoms with Gasteiger partial charge in [0.25, 0.3) is 5.91 Å². The molecule has 1 aromatic heterocycles. The predicted molar refractivity (Wildman–Crippen MR) is 86.9 cm³/mol. The van der Waals surface area contributed by atoms with Crippen molar-refractivity contribution in [3.8, 4) is 5.75 Å². The van der Waals surface area contributed by atoms with E-state index in [-0.39, 0.29) is 36.8 Å². The highest BCUT2D eigenvalue weighted by Gasteiger charge is 2.31. The second kappa shape index (κ2) is 8.41. The van der Waals surface area contributed by atoms with Gasteiger partial charge in [0, 0.05) is 13.0 Å². The summed E-state index contributed by atoms with van der Waals surface area (Å²) in [5, 5.41) is 4.85. The van der Waals surface area contributed by atoms with Crippen LogP contribution in [0.5, 0.6) is 5.75 Å². The first-order chi connectivity index (χ1) is 12.3. The molecule has 1 heterocycles. The quantitative estimate of drug-likeness (QED) is 0.782. The lowest BCUT2D eigenvalue weighted by atomic mass is 10.1. The molecule has 0 atom stereocenters. The number of rotatable bonds is 7. The van der Waals surface area contributed by atoms with Gasteiger partial charge in [-0.25, -0.2) is 0 Å². The Bertz CT molecular complexity index is 758. The van der Waals surface area contributed by atoms with Crippen molar-refractivity contribution in [2.45, 2.75) is 19.5 Å². The number of benzene rings is 1. The van der Waals surface area contributed by atoms with Gasteiger partial charge < -0.3 is 19.8 Å². The summed E-state index contributed by atoms with van der Waals surface area (Å²) in [5.41, 5.74) is -0.980. The van der Waals surface area contributed by atoms with E-state index in [2.05, 4.69) is 10.6 Å². The third-order valence-corrected chi connectivity index (χ3v) is 3.26. The van der Waals surface area contributed by atoms with E-state index < -0.39 is 23.6 Å². The molecule has 140 valence electrons. The minimum Gasteiger partial charge on any atom is -0.492 e. The highest BCUT2D eigenvalue weighted by atomic mass is 19.4. The maximum absolute atomic E-state index is 12.8. The smallest absolute Gasteiger partial charge is 0.416 e. The van der Waals surface area contributed by atoms with Crippen molar-refractivity contribution in [3.63, 3.8) is 0 Å². The molecule has 0 aliphatic heterocycles. The number of hydrogen-bond acceptors (Lipinski definition) is 4. The topological polar surface area (TPSA) is 80.6 Å². The van der Waals surface area contributed by atoms with Gasteiger partial charge in [-0.3, -0.25) is 9.59 Å². The normalized spacial score (nSPS) is 11.1. The number of furan rings is 1. The molecule has 2 amide bonds. The molecule has 0 fully saturated rings. The van der Waals surface area contributed by atoms with E-state index >= 15 is 0 Å². The first kappa shape index (κ1) is 19.4. The van der Waals surface area contributed by atoms with Crippen LogP contribution >= 0.6 is 0 Å². The van der Waals surface area contributed by atoms with E-state index in [0.29, 0.717) is 0 Å². The molecular formula is C17H17F3N2O4. The summed E-state index contributed by atoms with van der Waals surface area (Å²) in [4.78, 5) is 23.6. The zero-order chi connectivity index (χ0) is 19.2. The van der Waals surface area contributed by atoms with Crippen molar-refractivity contribution >= 4 is 17.5 Å². The molecule has 9 heteroatoms. The van der Waals surface area contributed by atoms with Crippen LogP contribution < -0.4 is 15.4 Å². The molecule has 0 unspecified atom stereocenters. The minimum absolute atomic E-state index is 0.00566. The number of halogens is 3. The molecule has 2 rings (SSSR count). The zero-order valence-corrected chi connectivity index (χ0v) is 13.9. The van der Waals surface area contributed by atoms with Gasteiger partial charge in [-0.2, -0.15) is 13.2 Å². The fourth-order valence-electron chi connectivity index (χ4n) is 2.08. The number of hydrogen-bond donors (Lipinski definition) is 2. The second-order valence-electron chi connectivity index (χ2n) is 5.17. The fourth-order valence-corrected chi connectivity index (χ4v) is 2.08. The monoisotopic (exact) mass is 370 g/mol. The van der Waals surface area contributed by atoms with Gasteiger partial charge in [-0.1, -0.05) is 0 Å². The first-order valence-corrected chi connectivity index (χ1v) is 7.77. The number of anilines is 1. The Hall–Kier alpha value is -2.97. The Morgan fingerprint density at radius 2 is 2.00 bits per heavy atom. The second-order valence-corrected chi connectivity index (χ2v) is 5.17. The van der Waals surface area contributed by atoms with Crippen molar-refractivity contribution in [1.29, 1.82) is 0 Å². The number of alkyl halides is 3. The van der Waals surface area contributed by atoms with Crippen molar-refractivity contribution in [3.05, 3.63) is 47.9 Å². The van der Waals surface area contributed by atoms with Crippen LogP contribution in [-0.4, -0.2) is 25.0 Å². The van der Waals surface area contributed by atoms with Crippen LogP contribution in [0.25, 0.3) is 0 Å². The van der Waals surface area contributed by atoms with Crippen molar-refractivity contribution in [2.24, 2.45) is 0 Å². The summed E-state index contributed by atoms with van der Waals surface area (Å²) in [6.45, 7) is 1.90. The molecule has 0 saturated heterocycles. The molecule has 0 radical (unpaired) electrons. The van der Waals surface area contributed by atoms with Crippen molar-refractivity contribution < 1.29 is 31.9 Å². The maximum atomic E-state index is 12.8.